The summed E-state index contributed by atoms with van der Waals surface area (Å²) in [5, 5.41) is 12.3. The fourth-order valence-electron chi connectivity index (χ4n) is 4.96. The van der Waals surface area contributed by atoms with Crippen LogP contribution in [-0.2, 0) is 18.9 Å². The van der Waals surface area contributed by atoms with Gasteiger partial charge < -0.3 is 10.6 Å². The van der Waals surface area contributed by atoms with Crippen LogP contribution in [0.15, 0.2) is 97.1 Å². The minimum absolute atomic E-state index is 0.0587. The molecule has 0 aliphatic carbocycles. The molecule has 2 N–H and O–H groups in total. The predicted octanol–water partition coefficient (Wildman–Crippen LogP) is 9.82. The van der Waals surface area contributed by atoms with Gasteiger partial charge in [-0.1, -0.05) is 12.1 Å². The van der Waals surface area contributed by atoms with E-state index < -0.39 is 58.5 Å². The van der Waals surface area contributed by atoms with E-state index in [2.05, 4.69) is 20.8 Å². The highest BCUT2D eigenvalue weighted by Gasteiger charge is 2.35. The van der Waals surface area contributed by atoms with Crippen molar-refractivity contribution in [2.45, 2.75) is 32.7 Å². The number of aryl methyl sites for hydroxylation is 2. The van der Waals surface area contributed by atoms with Crippen molar-refractivity contribution in [1.29, 1.82) is 0 Å². The Kier molecular flexibility index (Phi) is 11.0. The van der Waals surface area contributed by atoms with E-state index >= 15 is 0 Å². The van der Waals surface area contributed by atoms with Gasteiger partial charge in [-0.2, -0.15) is 36.5 Å². The molecule has 1 amide bonds. The van der Waals surface area contributed by atoms with Crippen LogP contribution in [0.3, 0.4) is 0 Å². The average Bonchev–Trinajstić information content (AvgIpc) is 3.68. The summed E-state index contributed by atoms with van der Waals surface area (Å²) in [5.41, 5.74) is -0.629. The molecule has 6 rings (SSSR count). The molecule has 2 heterocycles. The van der Waals surface area contributed by atoms with Gasteiger partial charge in [-0.05, 0) is 98.8 Å². The van der Waals surface area contributed by atoms with Gasteiger partial charge in [-0.15, -0.1) is 0 Å². The van der Waals surface area contributed by atoms with Crippen molar-refractivity contribution in [2.75, 3.05) is 10.6 Å². The SMILES string of the molecule is Cc1cc(C(F)(F)F)nn1-c1ccc(NC(=O)c2c(F)cccc2F)cc1.Cc1cc(C(F)(F)F)nn1-c1ccc(NCc2c(F)cccc2F)cc1. The lowest BCUT2D eigenvalue weighted by molar-refractivity contribution is -0.142. The van der Waals surface area contributed by atoms with Crippen molar-refractivity contribution in [2.24, 2.45) is 0 Å². The van der Waals surface area contributed by atoms with Crippen molar-refractivity contribution in [1.82, 2.24) is 19.6 Å². The van der Waals surface area contributed by atoms with Crippen LogP contribution in [0.1, 0.15) is 38.7 Å². The number of rotatable bonds is 7. The molecule has 0 fully saturated rings. The second kappa shape index (κ2) is 15.2. The Morgan fingerprint density at radius 2 is 1.00 bits per heavy atom. The number of aromatic nitrogens is 4. The predicted molar refractivity (Wildman–Crippen MR) is 175 cm³/mol. The number of nitrogens with one attached hydrogen (secondary N) is 2. The van der Waals surface area contributed by atoms with Crippen LogP contribution in [-0.4, -0.2) is 25.5 Å². The summed E-state index contributed by atoms with van der Waals surface area (Å²) in [7, 11) is 0. The van der Waals surface area contributed by atoms with Crippen LogP contribution in [0, 0.1) is 37.1 Å². The highest BCUT2D eigenvalue weighted by atomic mass is 19.4. The minimum Gasteiger partial charge on any atom is -0.381 e. The molecule has 0 unspecified atom stereocenters. The molecular weight excluding hydrogens is 722 g/mol. The van der Waals surface area contributed by atoms with Crippen LogP contribution in [0.25, 0.3) is 11.4 Å². The number of amides is 1. The van der Waals surface area contributed by atoms with Gasteiger partial charge in [-0.3, -0.25) is 4.79 Å². The Labute approximate surface area is 294 Å². The van der Waals surface area contributed by atoms with Crippen LogP contribution < -0.4 is 10.6 Å². The van der Waals surface area contributed by atoms with Gasteiger partial charge in [0.05, 0.1) is 11.4 Å². The quantitative estimate of drug-likeness (QED) is 0.160. The maximum absolute atomic E-state index is 13.6. The highest BCUT2D eigenvalue weighted by molar-refractivity contribution is 6.04. The molecule has 4 aromatic carbocycles. The first-order chi connectivity index (χ1) is 24.9. The summed E-state index contributed by atoms with van der Waals surface area (Å²) < 4.78 is 133. The maximum atomic E-state index is 13.6. The van der Waals surface area contributed by atoms with E-state index in [4.69, 9.17) is 0 Å². The molecule has 0 radical (unpaired) electrons. The molecule has 2 aromatic heterocycles. The third-order valence-corrected chi connectivity index (χ3v) is 7.56. The third-order valence-electron chi connectivity index (χ3n) is 7.56. The van der Waals surface area contributed by atoms with E-state index in [0.29, 0.717) is 22.8 Å². The zero-order chi connectivity index (χ0) is 38.7. The smallest absolute Gasteiger partial charge is 0.381 e. The molecule has 0 aliphatic heterocycles. The van der Waals surface area contributed by atoms with Crippen molar-refractivity contribution in [3.8, 4) is 11.4 Å². The van der Waals surface area contributed by atoms with Crippen molar-refractivity contribution in [3.05, 3.63) is 154 Å². The number of alkyl halides is 6. The Bertz CT molecular complexity index is 2180. The lowest BCUT2D eigenvalue weighted by Crippen LogP contribution is -2.15. The van der Waals surface area contributed by atoms with E-state index in [9.17, 15) is 48.7 Å². The van der Waals surface area contributed by atoms with E-state index in [1.165, 1.54) is 61.0 Å². The first-order valence-corrected chi connectivity index (χ1v) is 15.3. The van der Waals surface area contributed by atoms with Gasteiger partial charge >= 0.3 is 12.4 Å². The molecule has 0 atom stereocenters. The number of carbonyl (C=O) groups excluding carboxylic acids is 1. The second-order valence-corrected chi connectivity index (χ2v) is 11.4. The van der Waals surface area contributed by atoms with E-state index in [1.54, 1.807) is 24.3 Å². The van der Waals surface area contributed by atoms with Crippen molar-refractivity contribution in [3.63, 3.8) is 0 Å². The number of hydrogen-bond donors (Lipinski definition) is 2. The number of anilines is 2. The largest absolute Gasteiger partial charge is 0.435 e. The molecule has 53 heavy (non-hydrogen) atoms. The van der Waals surface area contributed by atoms with Gasteiger partial charge in [0.2, 0.25) is 0 Å². The molecular formula is C36H26F10N6O. The number of nitrogens with zero attached hydrogens (tertiary/aromatic N) is 4. The standard InChI is InChI=1S/C18H12F5N3O.C18H14F5N3/c1-10-9-15(18(21,22)23)25-26(10)12-7-5-11(6-8-12)24-17(27)16-13(19)3-2-4-14(16)20;1-11-9-17(18(21,22)23)25-26(11)13-7-5-12(6-8-13)24-10-14-15(19)3-2-4-16(14)20/h2-9H,1H3,(H,24,27);2-9,24H,10H2,1H3. The van der Waals surface area contributed by atoms with Crippen molar-refractivity contribution < 1.29 is 48.7 Å². The summed E-state index contributed by atoms with van der Waals surface area (Å²) >= 11 is 0. The summed E-state index contributed by atoms with van der Waals surface area (Å²) in [6, 6.07) is 20.5. The maximum Gasteiger partial charge on any atom is 0.435 e. The fraction of sp³-hybridized carbons (Fsp3) is 0.139. The van der Waals surface area contributed by atoms with Crippen LogP contribution >= 0.6 is 0 Å². The van der Waals surface area contributed by atoms with E-state index in [0.717, 1.165) is 35.0 Å². The van der Waals surface area contributed by atoms with E-state index in [-0.39, 0.29) is 23.5 Å². The first-order valence-electron chi connectivity index (χ1n) is 15.3. The molecule has 0 saturated heterocycles. The van der Waals surface area contributed by atoms with Gasteiger partial charge in [0.1, 0.15) is 28.8 Å². The molecule has 0 bridgehead atoms. The Morgan fingerprint density at radius 1 is 0.604 bits per heavy atom. The minimum atomic E-state index is -4.56. The Balaban J connectivity index is 0.000000204. The molecule has 6 aromatic rings. The number of halogens is 10. The second-order valence-electron chi connectivity index (χ2n) is 11.4. The van der Waals surface area contributed by atoms with Gasteiger partial charge in [0, 0.05) is 34.9 Å². The van der Waals surface area contributed by atoms with Gasteiger partial charge in [0.25, 0.3) is 5.91 Å². The summed E-state index contributed by atoms with van der Waals surface area (Å²) in [6.45, 7) is 2.94. The normalized spacial score (nSPS) is 11.5. The molecule has 17 heteroatoms. The van der Waals surface area contributed by atoms with E-state index in [1.807, 2.05) is 0 Å². The molecule has 0 saturated carbocycles. The summed E-state index contributed by atoms with van der Waals surface area (Å²) in [5.74, 6) is -4.29. The Hall–Kier alpha value is -6.13. The number of carbonyl (C=O) groups is 1. The first kappa shape index (κ1) is 38.1. The molecule has 0 spiro atoms. The zero-order valence-corrected chi connectivity index (χ0v) is 27.4. The average molecular weight is 749 g/mol. The number of benzene rings is 4. The lowest BCUT2D eigenvalue weighted by Gasteiger charge is -2.10. The molecule has 7 nitrogen and oxygen atoms in total. The zero-order valence-electron chi connectivity index (χ0n) is 27.4. The van der Waals surface area contributed by atoms with Crippen molar-refractivity contribution >= 4 is 17.3 Å². The highest BCUT2D eigenvalue weighted by Crippen LogP contribution is 2.31. The molecule has 0 aliphatic rings. The van der Waals surface area contributed by atoms with Crippen LogP contribution in [0.4, 0.5) is 55.3 Å². The van der Waals surface area contributed by atoms with Crippen LogP contribution in [0.2, 0.25) is 0 Å². The topological polar surface area (TPSA) is 76.8 Å². The summed E-state index contributed by atoms with van der Waals surface area (Å²) in [4.78, 5) is 12.0. The third kappa shape index (κ3) is 9.03. The monoisotopic (exact) mass is 748 g/mol. The molecule has 276 valence electrons. The summed E-state index contributed by atoms with van der Waals surface area (Å²) in [6.07, 6.45) is -9.07. The Morgan fingerprint density at radius 3 is 1.40 bits per heavy atom. The van der Waals surface area contributed by atoms with Gasteiger partial charge in [0.15, 0.2) is 11.4 Å². The van der Waals surface area contributed by atoms with Crippen LogP contribution in [0.5, 0.6) is 0 Å². The fourth-order valence-corrected chi connectivity index (χ4v) is 4.96. The lowest BCUT2D eigenvalue weighted by atomic mass is 10.1. The van der Waals surface area contributed by atoms with Gasteiger partial charge in [-0.25, -0.2) is 26.9 Å². The number of hydrogen-bond acceptors (Lipinski definition) is 4.